The summed E-state index contributed by atoms with van der Waals surface area (Å²) >= 11 is 0. The third-order valence-corrected chi connectivity index (χ3v) is 5.83. The summed E-state index contributed by atoms with van der Waals surface area (Å²) in [5, 5.41) is 10.3. The summed E-state index contributed by atoms with van der Waals surface area (Å²) in [7, 11) is 0. The lowest BCUT2D eigenvalue weighted by Crippen LogP contribution is -2.73. The van der Waals surface area contributed by atoms with E-state index in [-0.39, 0.29) is 23.7 Å². The fraction of sp³-hybridized carbons (Fsp3) is 0.733. The summed E-state index contributed by atoms with van der Waals surface area (Å²) in [6.07, 6.45) is 4.66. The Morgan fingerprint density at radius 1 is 1.60 bits per heavy atom. The van der Waals surface area contributed by atoms with Gasteiger partial charge >= 0.3 is 5.97 Å². The van der Waals surface area contributed by atoms with Crippen LogP contribution in [-0.4, -0.2) is 22.8 Å². The predicted octanol–water partition coefficient (Wildman–Crippen LogP) is 1.11. The van der Waals surface area contributed by atoms with E-state index in [1.807, 2.05) is 6.92 Å². The monoisotopic (exact) mass is 279 g/mol. The van der Waals surface area contributed by atoms with Gasteiger partial charge in [0.25, 0.3) is 0 Å². The molecule has 5 aliphatic rings. The zero-order valence-corrected chi connectivity index (χ0v) is 11.9. The van der Waals surface area contributed by atoms with Crippen LogP contribution in [0.5, 0.6) is 0 Å². The SMILES string of the molecule is CC(=CCCC12C(=O)OC3(O)CC1CC2C3C)C(N)=O. The van der Waals surface area contributed by atoms with Gasteiger partial charge in [0.15, 0.2) is 0 Å². The molecule has 20 heavy (non-hydrogen) atoms. The number of hydrogen-bond acceptors (Lipinski definition) is 4. The zero-order valence-electron chi connectivity index (χ0n) is 11.9. The first-order valence-electron chi connectivity index (χ1n) is 7.23. The van der Waals surface area contributed by atoms with Gasteiger partial charge in [0.2, 0.25) is 11.7 Å². The van der Waals surface area contributed by atoms with Crippen molar-refractivity contribution in [3.63, 3.8) is 0 Å². The molecule has 5 heteroatoms. The van der Waals surface area contributed by atoms with Gasteiger partial charge < -0.3 is 15.6 Å². The van der Waals surface area contributed by atoms with Gasteiger partial charge in [-0.1, -0.05) is 13.0 Å². The van der Waals surface area contributed by atoms with E-state index < -0.39 is 17.1 Å². The molecular formula is C15H21NO4. The average molecular weight is 279 g/mol. The van der Waals surface area contributed by atoms with E-state index in [9.17, 15) is 14.7 Å². The second-order valence-corrected chi connectivity index (χ2v) is 6.60. The van der Waals surface area contributed by atoms with Gasteiger partial charge in [-0.2, -0.15) is 0 Å². The highest BCUT2D eigenvalue weighted by molar-refractivity contribution is 5.91. The molecule has 3 aliphatic carbocycles. The van der Waals surface area contributed by atoms with Crippen molar-refractivity contribution in [3.8, 4) is 0 Å². The first-order valence-corrected chi connectivity index (χ1v) is 7.23. The van der Waals surface area contributed by atoms with Crippen LogP contribution in [0.25, 0.3) is 0 Å². The maximum absolute atomic E-state index is 12.3. The van der Waals surface area contributed by atoms with E-state index in [1.54, 1.807) is 13.0 Å². The van der Waals surface area contributed by atoms with Gasteiger partial charge in [0.1, 0.15) is 0 Å². The second kappa shape index (κ2) is 4.07. The van der Waals surface area contributed by atoms with E-state index >= 15 is 0 Å². The number of primary amides is 1. The highest BCUT2D eigenvalue weighted by Gasteiger charge is 2.74. The van der Waals surface area contributed by atoms with Crippen LogP contribution in [-0.2, 0) is 14.3 Å². The summed E-state index contributed by atoms with van der Waals surface area (Å²) in [4.78, 5) is 23.3. The summed E-state index contributed by atoms with van der Waals surface area (Å²) in [5.74, 6) is -1.51. The molecule has 0 spiro atoms. The van der Waals surface area contributed by atoms with Gasteiger partial charge in [-0.3, -0.25) is 9.59 Å². The van der Waals surface area contributed by atoms with Crippen LogP contribution in [0.1, 0.15) is 39.5 Å². The van der Waals surface area contributed by atoms with Crippen LogP contribution in [0.3, 0.4) is 0 Å². The smallest absolute Gasteiger partial charge is 0.315 e. The minimum atomic E-state index is -1.24. The highest BCUT2D eigenvalue weighted by Crippen LogP contribution is 2.70. The number of esters is 1. The van der Waals surface area contributed by atoms with Gasteiger partial charge in [-0.15, -0.1) is 0 Å². The third kappa shape index (κ3) is 1.53. The lowest BCUT2D eigenvalue weighted by molar-refractivity contribution is -0.355. The molecule has 2 heterocycles. The molecule has 2 aliphatic heterocycles. The Bertz CT molecular complexity index is 514. The predicted molar refractivity (Wildman–Crippen MR) is 71.0 cm³/mol. The molecule has 0 aromatic rings. The quantitative estimate of drug-likeness (QED) is 0.596. The molecule has 0 aromatic carbocycles. The maximum atomic E-state index is 12.3. The Hall–Kier alpha value is -1.36. The van der Waals surface area contributed by atoms with Crippen molar-refractivity contribution >= 4 is 11.9 Å². The first kappa shape index (κ1) is 13.6. The number of amides is 1. The van der Waals surface area contributed by atoms with Gasteiger partial charge in [0, 0.05) is 17.9 Å². The average Bonchev–Trinajstić information content (AvgIpc) is 2.34. The van der Waals surface area contributed by atoms with E-state index in [0.717, 1.165) is 6.42 Å². The Morgan fingerprint density at radius 2 is 2.30 bits per heavy atom. The van der Waals surface area contributed by atoms with Crippen molar-refractivity contribution in [3.05, 3.63) is 11.6 Å². The van der Waals surface area contributed by atoms with Crippen LogP contribution < -0.4 is 5.73 Å². The Labute approximate surface area is 118 Å². The standard InChI is InChI=1S/C15H21NO4/c1-8(12(16)17)4-3-5-14-10-6-11(14)9(2)15(19,7-10)20-13(14)18/h4,9-11,19H,3,5-7H2,1-2H3,(H2,16,17). The molecule has 5 rings (SSSR count). The van der Waals surface area contributed by atoms with Crippen molar-refractivity contribution in [1.29, 1.82) is 0 Å². The van der Waals surface area contributed by atoms with Crippen molar-refractivity contribution < 1.29 is 19.4 Å². The number of aliphatic hydroxyl groups is 1. The van der Waals surface area contributed by atoms with Crippen LogP contribution in [0.2, 0.25) is 0 Å². The summed E-state index contributed by atoms with van der Waals surface area (Å²) in [5.41, 5.74) is 5.28. The topological polar surface area (TPSA) is 89.6 Å². The number of allylic oxidation sites excluding steroid dienone is 1. The Morgan fingerprint density at radius 3 is 2.85 bits per heavy atom. The molecular weight excluding hydrogens is 258 g/mol. The molecule has 5 unspecified atom stereocenters. The van der Waals surface area contributed by atoms with E-state index in [0.29, 0.717) is 24.8 Å². The molecule has 5 fully saturated rings. The molecule has 0 aromatic heterocycles. The van der Waals surface area contributed by atoms with Crippen molar-refractivity contribution in [1.82, 2.24) is 0 Å². The van der Waals surface area contributed by atoms with Gasteiger partial charge in [-0.25, -0.2) is 0 Å². The summed E-state index contributed by atoms with van der Waals surface area (Å²) in [6.45, 7) is 3.65. The zero-order chi connectivity index (χ0) is 14.7. The van der Waals surface area contributed by atoms with Crippen LogP contribution >= 0.6 is 0 Å². The fourth-order valence-corrected chi connectivity index (χ4v) is 4.47. The van der Waals surface area contributed by atoms with Crippen LogP contribution in [0, 0.1) is 23.2 Å². The molecule has 3 N–H and O–H groups in total. The highest BCUT2D eigenvalue weighted by atomic mass is 16.7. The first-order chi connectivity index (χ1) is 9.31. The second-order valence-electron chi connectivity index (χ2n) is 6.60. The van der Waals surface area contributed by atoms with Crippen molar-refractivity contribution in [2.45, 2.75) is 45.3 Å². The molecule has 5 nitrogen and oxygen atoms in total. The summed E-state index contributed by atoms with van der Waals surface area (Å²) in [6, 6.07) is 0. The van der Waals surface area contributed by atoms with E-state index in [4.69, 9.17) is 10.5 Å². The molecule has 0 radical (unpaired) electrons. The minimum absolute atomic E-state index is 0.00795. The Kier molecular flexibility index (Phi) is 2.77. The molecule has 2 saturated heterocycles. The lowest BCUT2D eigenvalue weighted by Gasteiger charge is -2.68. The largest absolute Gasteiger partial charge is 0.433 e. The number of hydrogen-bond donors (Lipinski definition) is 2. The number of nitrogens with two attached hydrogens (primary N) is 1. The van der Waals surface area contributed by atoms with Crippen LogP contribution in [0.15, 0.2) is 11.6 Å². The molecule has 5 atom stereocenters. The van der Waals surface area contributed by atoms with Gasteiger partial charge in [0.05, 0.1) is 5.41 Å². The number of rotatable bonds is 4. The molecule has 1 amide bonds. The van der Waals surface area contributed by atoms with E-state index in [2.05, 4.69) is 0 Å². The van der Waals surface area contributed by atoms with Crippen LogP contribution in [0.4, 0.5) is 0 Å². The van der Waals surface area contributed by atoms with Crippen molar-refractivity contribution in [2.24, 2.45) is 28.9 Å². The maximum Gasteiger partial charge on any atom is 0.315 e. The molecule has 4 bridgehead atoms. The number of fused-ring (bicyclic) bond motifs is 1. The number of carbonyl (C=O) groups excluding carboxylic acids is 2. The Balaban J connectivity index is 1.78. The lowest BCUT2D eigenvalue weighted by atomic mass is 9.40. The third-order valence-electron chi connectivity index (χ3n) is 5.83. The van der Waals surface area contributed by atoms with Gasteiger partial charge in [-0.05, 0) is 38.0 Å². The molecule has 110 valence electrons. The molecule has 3 saturated carbocycles. The number of ether oxygens (including phenoxy) is 1. The fourth-order valence-electron chi connectivity index (χ4n) is 4.47. The van der Waals surface area contributed by atoms with E-state index in [1.165, 1.54) is 0 Å². The minimum Gasteiger partial charge on any atom is -0.433 e. The van der Waals surface area contributed by atoms with Crippen molar-refractivity contribution in [2.75, 3.05) is 0 Å². The number of carbonyl (C=O) groups is 2. The summed E-state index contributed by atoms with van der Waals surface area (Å²) < 4.78 is 5.30. The normalized spacial score (nSPS) is 45.9.